The van der Waals surface area contributed by atoms with Gasteiger partial charge in [0.1, 0.15) is 17.3 Å². The molecule has 0 spiro atoms. The monoisotopic (exact) mass is 283 g/mol. The van der Waals surface area contributed by atoms with Crippen LogP contribution in [0, 0.1) is 21.4 Å². The molecule has 0 saturated carbocycles. The van der Waals surface area contributed by atoms with Crippen molar-refractivity contribution in [2.75, 3.05) is 5.32 Å². The molecule has 2 rings (SSSR count). The zero-order valence-corrected chi connectivity index (χ0v) is 10.6. The van der Waals surface area contributed by atoms with Crippen molar-refractivity contribution in [2.24, 2.45) is 0 Å². The summed E-state index contributed by atoms with van der Waals surface area (Å²) in [6.45, 7) is 0. The highest BCUT2D eigenvalue weighted by Crippen LogP contribution is 2.30. The molecule has 0 aliphatic carbocycles. The van der Waals surface area contributed by atoms with Crippen LogP contribution >= 0.6 is 0 Å². The number of aromatic carboxylic acids is 1. The normalized spacial score (nSPS) is 9.67. The van der Waals surface area contributed by atoms with Gasteiger partial charge in [0, 0.05) is 5.69 Å². The third-order valence-electron chi connectivity index (χ3n) is 2.75. The zero-order chi connectivity index (χ0) is 15.4. The lowest BCUT2D eigenvalue weighted by atomic mass is 10.1. The third kappa shape index (κ3) is 2.96. The molecule has 0 aromatic heterocycles. The molecular weight excluding hydrogens is 274 g/mol. The number of hydrogen-bond acceptors (Lipinski definition) is 5. The predicted molar refractivity (Wildman–Crippen MR) is 74.5 cm³/mol. The number of hydrogen-bond donors (Lipinski definition) is 2. The number of nitro benzene ring substituents is 1. The minimum atomic E-state index is -1.06. The lowest BCUT2D eigenvalue weighted by molar-refractivity contribution is -0.384. The van der Waals surface area contributed by atoms with Gasteiger partial charge >= 0.3 is 11.7 Å². The number of nitro groups is 1. The topological polar surface area (TPSA) is 116 Å². The summed E-state index contributed by atoms with van der Waals surface area (Å²) in [4.78, 5) is 21.2. The summed E-state index contributed by atoms with van der Waals surface area (Å²) in [6.07, 6.45) is 0. The predicted octanol–water partition coefficient (Wildman–Crippen LogP) is 2.91. The number of nitrogens with one attached hydrogen (secondary N) is 1. The van der Waals surface area contributed by atoms with E-state index in [2.05, 4.69) is 5.32 Å². The maximum atomic E-state index is 11.1. The van der Waals surface area contributed by atoms with Gasteiger partial charge in [0.25, 0.3) is 0 Å². The average molecular weight is 283 g/mol. The van der Waals surface area contributed by atoms with E-state index in [1.54, 1.807) is 6.07 Å². The van der Waals surface area contributed by atoms with E-state index >= 15 is 0 Å². The minimum absolute atomic E-state index is 0.0489. The summed E-state index contributed by atoms with van der Waals surface area (Å²) in [6, 6.07) is 11.9. The number of rotatable bonds is 4. The summed E-state index contributed by atoms with van der Waals surface area (Å²) in [5, 5.41) is 31.6. The van der Waals surface area contributed by atoms with E-state index in [1.165, 1.54) is 42.5 Å². The standard InChI is InChI=1S/C14H9N3O4/c15-8-10-2-1-3-12(13(10)17(20)21)16-11-6-4-9(5-7-11)14(18)19/h1-7,16H,(H,18,19). The Morgan fingerprint density at radius 1 is 1.24 bits per heavy atom. The molecule has 0 aliphatic rings. The molecule has 2 N–H and O–H groups in total. The van der Waals surface area contributed by atoms with E-state index in [-0.39, 0.29) is 22.5 Å². The smallest absolute Gasteiger partial charge is 0.335 e. The SMILES string of the molecule is N#Cc1cccc(Nc2ccc(C(=O)O)cc2)c1[N+](=O)[O-]. The van der Waals surface area contributed by atoms with Gasteiger partial charge in [-0.1, -0.05) is 6.07 Å². The van der Waals surface area contributed by atoms with Gasteiger partial charge in [-0.2, -0.15) is 5.26 Å². The minimum Gasteiger partial charge on any atom is -0.478 e. The summed E-state index contributed by atoms with van der Waals surface area (Å²) >= 11 is 0. The van der Waals surface area contributed by atoms with E-state index in [0.29, 0.717) is 5.69 Å². The van der Waals surface area contributed by atoms with Gasteiger partial charge in [-0.15, -0.1) is 0 Å². The number of para-hydroxylation sites is 1. The molecule has 104 valence electrons. The first-order valence-electron chi connectivity index (χ1n) is 5.81. The number of nitrogens with zero attached hydrogens (tertiary/aromatic N) is 2. The first-order valence-corrected chi connectivity index (χ1v) is 5.81. The van der Waals surface area contributed by atoms with Crippen LogP contribution in [0.1, 0.15) is 15.9 Å². The van der Waals surface area contributed by atoms with Crippen LogP contribution in [-0.2, 0) is 0 Å². The first kappa shape index (κ1) is 14.0. The van der Waals surface area contributed by atoms with Crippen molar-refractivity contribution in [3.63, 3.8) is 0 Å². The highest BCUT2D eigenvalue weighted by atomic mass is 16.6. The molecule has 0 amide bonds. The second-order valence-corrected chi connectivity index (χ2v) is 4.08. The molecule has 0 unspecified atom stereocenters. The van der Waals surface area contributed by atoms with Crippen LogP contribution in [0.5, 0.6) is 0 Å². The summed E-state index contributed by atoms with van der Waals surface area (Å²) < 4.78 is 0. The number of anilines is 2. The number of carboxylic acids is 1. The molecule has 2 aromatic carbocycles. The van der Waals surface area contributed by atoms with E-state index in [9.17, 15) is 14.9 Å². The van der Waals surface area contributed by atoms with Gasteiger partial charge < -0.3 is 10.4 Å². The highest BCUT2D eigenvalue weighted by Gasteiger charge is 2.19. The van der Waals surface area contributed by atoms with Crippen LogP contribution < -0.4 is 5.32 Å². The fourth-order valence-corrected chi connectivity index (χ4v) is 1.78. The van der Waals surface area contributed by atoms with E-state index < -0.39 is 10.9 Å². The van der Waals surface area contributed by atoms with Crippen LogP contribution in [0.15, 0.2) is 42.5 Å². The lowest BCUT2D eigenvalue weighted by Gasteiger charge is -2.08. The Balaban J connectivity index is 2.38. The van der Waals surface area contributed by atoms with Crippen molar-refractivity contribution in [3.8, 4) is 6.07 Å². The molecule has 0 atom stereocenters. The Hall–Kier alpha value is -3.40. The van der Waals surface area contributed by atoms with Gasteiger partial charge in [0.05, 0.1) is 10.5 Å². The third-order valence-corrected chi connectivity index (χ3v) is 2.75. The molecule has 2 aromatic rings. The van der Waals surface area contributed by atoms with Crippen molar-refractivity contribution in [3.05, 3.63) is 63.7 Å². The summed E-state index contributed by atoms with van der Waals surface area (Å²) in [7, 11) is 0. The Kier molecular flexibility index (Phi) is 3.81. The maximum absolute atomic E-state index is 11.1. The Labute approximate surface area is 119 Å². The summed E-state index contributed by atoms with van der Waals surface area (Å²) in [5.74, 6) is -1.06. The molecule has 0 bridgehead atoms. The zero-order valence-electron chi connectivity index (χ0n) is 10.6. The van der Waals surface area contributed by atoms with Gasteiger partial charge in [-0.3, -0.25) is 10.1 Å². The molecule has 7 heteroatoms. The average Bonchev–Trinajstić information content (AvgIpc) is 2.47. The van der Waals surface area contributed by atoms with Crippen molar-refractivity contribution in [1.29, 1.82) is 5.26 Å². The van der Waals surface area contributed by atoms with E-state index in [1.807, 2.05) is 0 Å². The number of carboxylic acid groups (broad SMARTS) is 1. The van der Waals surface area contributed by atoms with E-state index in [0.717, 1.165) is 0 Å². The second kappa shape index (κ2) is 5.71. The van der Waals surface area contributed by atoms with Crippen LogP contribution in [0.2, 0.25) is 0 Å². The van der Waals surface area contributed by atoms with Gasteiger partial charge in [-0.25, -0.2) is 4.79 Å². The lowest BCUT2D eigenvalue weighted by Crippen LogP contribution is -2.00. The summed E-state index contributed by atoms with van der Waals surface area (Å²) in [5.41, 5.74) is 0.399. The largest absolute Gasteiger partial charge is 0.478 e. The van der Waals surface area contributed by atoms with Crippen LogP contribution in [0.3, 0.4) is 0 Å². The molecule has 7 nitrogen and oxygen atoms in total. The molecule has 0 radical (unpaired) electrons. The van der Waals surface area contributed by atoms with Crippen molar-refractivity contribution < 1.29 is 14.8 Å². The number of carbonyl (C=O) groups is 1. The van der Waals surface area contributed by atoms with Gasteiger partial charge in [0.2, 0.25) is 0 Å². The van der Waals surface area contributed by atoms with Gasteiger partial charge in [0.15, 0.2) is 0 Å². The Morgan fingerprint density at radius 2 is 1.90 bits per heavy atom. The van der Waals surface area contributed by atoms with Crippen LogP contribution in [0.25, 0.3) is 0 Å². The number of nitriles is 1. The first-order chi connectivity index (χ1) is 10.0. The number of benzene rings is 2. The van der Waals surface area contributed by atoms with Crippen molar-refractivity contribution in [2.45, 2.75) is 0 Å². The van der Waals surface area contributed by atoms with Crippen molar-refractivity contribution in [1.82, 2.24) is 0 Å². The maximum Gasteiger partial charge on any atom is 0.335 e. The van der Waals surface area contributed by atoms with Crippen LogP contribution in [0.4, 0.5) is 17.1 Å². The molecule has 21 heavy (non-hydrogen) atoms. The molecule has 0 aliphatic heterocycles. The van der Waals surface area contributed by atoms with Crippen LogP contribution in [-0.4, -0.2) is 16.0 Å². The Morgan fingerprint density at radius 3 is 2.43 bits per heavy atom. The molecular formula is C14H9N3O4. The van der Waals surface area contributed by atoms with Crippen molar-refractivity contribution >= 4 is 23.0 Å². The highest BCUT2D eigenvalue weighted by molar-refractivity contribution is 5.88. The quantitative estimate of drug-likeness (QED) is 0.658. The van der Waals surface area contributed by atoms with E-state index in [4.69, 9.17) is 10.4 Å². The molecule has 0 saturated heterocycles. The molecule has 0 heterocycles. The fraction of sp³-hybridized carbons (Fsp3) is 0. The second-order valence-electron chi connectivity index (χ2n) is 4.08. The molecule has 0 fully saturated rings. The Bertz CT molecular complexity index is 748. The van der Waals surface area contributed by atoms with Gasteiger partial charge in [-0.05, 0) is 36.4 Å². The fourth-order valence-electron chi connectivity index (χ4n) is 1.78.